The van der Waals surface area contributed by atoms with Gasteiger partial charge in [-0.25, -0.2) is 0 Å². The highest BCUT2D eigenvalue weighted by Gasteiger charge is 2.48. The zero-order chi connectivity index (χ0) is 16.1. The van der Waals surface area contributed by atoms with Gasteiger partial charge >= 0.3 is 6.29 Å². The molecule has 4 rings (SSSR count). The molecule has 0 spiro atoms. The standard InChI is InChI=1S/C16H19F2NO4/c17-16(18)22-13-2-1-11(5-14(13)23-16)6-19-7-12-3-4-21-10-15(12,8-19)9-20/h1-2,5,12,20H,3-4,6-10H2/t12-,15+/m0/s1. The molecule has 2 saturated heterocycles. The van der Waals surface area contributed by atoms with Gasteiger partial charge in [-0.3, -0.25) is 4.90 Å². The molecule has 0 bridgehead atoms. The van der Waals surface area contributed by atoms with Crippen molar-refractivity contribution in [2.24, 2.45) is 11.3 Å². The van der Waals surface area contributed by atoms with Crippen molar-refractivity contribution in [2.45, 2.75) is 19.3 Å². The number of benzene rings is 1. The van der Waals surface area contributed by atoms with Gasteiger partial charge in [-0.2, -0.15) is 0 Å². The Morgan fingerprint density at radius 2 is 2.09 bits per heavy atom. The van der Waals surface area contributed by atoms with Gasteiger partial charge in [0.1, 0.15) is 0 Å². The summed E-state index contributed by atoms with van der Waals surface area (Å²) in [5, 5.41) is 9.79. The molecule has 3 heterocycles. The molecule has 23 heavy (non-hydrogen) atoms. The number of aliphatic hydroxyl groups excluding tert-OH is 1. The van der Waals surface area contributed by atoms with Crippen LogP contribution in [0.15, 0.2) is 18.2 Å². The molecule has 7 heteroatoms. The number of rotatable bonds is 3. The molecule has 1 aromatic carbocycles. The van der Waals surface area contributed by atoms with Gasteiger partial charge in [-0.1, -0.05) is 6.07 Å². The molecule has 0 unspecified atom stereocenters. The van der Waals surface area contributed by atoms with Crippen molar-refractivity contribution in [1.82, 2.24) is 4.90 Å². The molecule has 5 nitrogen and oxygen atoms in total. The molecular formula is C16H19F2NO4. The van der Waals surface area contributed by atoms with Crippen molar-refractivity contribution in [3.8, 4) is 11.5 Å². The van der Waals surface area contributed by atoms with E-state index in [4.69, 9.17) is 4.74 Å². The van der Waals surface area contributed by atoms with Gasteiger partial charge in [0.05, 0.1) is 13.2 Å². The zero-order valence-electron chi connectivity index (χ0n) is 12.6. The summed E-state index contributed by atoms with van der Waals surface area (Å²) >= 11 is 0. The Kier molecular flexibility index (Phi) is 3.48. The highest BCUT2D eigenvalue weighted by atomic mass is 19.3. The first-order chi connectivity index (χ1) is 11.0. The fraction of sp³-hybridized carbons (Fsp3) is 0.625. The van der Waals surface area contributed by atoms with Gasteiger partial charge in [0.2, 0.25) is 0 Å². The van der Waals surface area contributed by atoms with Crippen LogP contribution in [0.1, 0.15) is 12.0 Å². The summed E-state index contributed by atoms with van der Waals surface area (Å²) < 4.78 is 40.6. The first-order valence-electron chi connectivity index (χ1n) is 7.79. The molecule has 0 saturated carbocycles. The molecular weight excluding hydrogens is 308 g/mol. The van der Waals surface area contributed by atoms with Crippen molar-refractivity contribution in [3.63, 3.8) is 0 Å². The smallest absolute Gasteiger partial charge is 0.396 e. The summed E-state index contributed by atoms with van der Waals surface area (Å²) in [5.41, 5.74) is 0.694. The lowest BCUT2D eigenvalue weighted by atomic mass is 9.76. The third kappa shape index (κ3) is 2.66. The fourth-order valence-corrected chi connectivity index (χ4v) is 3.90. The lowest BCUT2D eigenvalue weighted by Gasteiger charge is -2.36. The van der Waals surface area contributed by atoms with E-state index in [0.29, 0.717) is 19.1 Å². The zero-order valence-corrected chi connectivity index (χ0v) is 12.6. The Balaban J connectivity index is 1.48. The first-order valence-corrected chi connectivity index (χ1v) is 7.79. The number of fused-ring (bicyclic) bond motifs is 2. The van der Waals surface area contributed by atoms with Crippen LogP contribution in [-0.2, 0) is 11.3 Å². The number of nitrogens with zero attached hydrogens (tertiary/aromatic N) is 1. The highest BCUT2D eigenvalue weighted by Crippen LogP contribution is 2.43. The van der Waals surface area contributed by atoms with Crippen molar-refractivity contribution >= 4 is 0 Å². The molecule has 0 amide bonds. The molecule has 1 N–H and O–H groups in total. The molecule has 3 aliphatic heterocycles. The van der Waals surface area contributed by atoms with Crippen molar-refractivity contribution in [3.05, 3.63) is 23.8 Å². The minimum absolute atomic E-state index is 0.0640. The van der Waals surface area contributed by atoms with Crippen LogP contribution < -0.4 is 9.47 Å². The summed E-state index contributed by atoms with van der Waals surface area (Å²) in [4.78, 5) is 2.24. The topological polar surface area (TPSA) is 51.2 Å². The number of hydrogen-bond acceptors (Lipinski definition) is 5. The maximum Gasteiger partial charge on any atom is 0.586 e. The Bertz CT molecular complexity index is 612. The van der Waals surface area contributed by atoms with E-state index in [-0.39, 0.29) is 23.5 Å². The fourth-order valence-electron chi connectivity index (χ4n) is 3.90. The lowest BCUT2D eigenvalue weighted by Crippen LogP contribution is -2.42. The lowest BCUT2D eigenvalue weighted by molar-refractivity contribution is -0.286. The van der Waals surface area contributed by atoms with Gasteiger partial charge in [0.15, 0.2) is 11.5 Å². The molecule has 126 valence electrons. The van der Waals surface area contributed by atoms with Gasteiger partial charge in [-0.15, -0.1) is 8.78 Å². The average Bonchev–Trinajstić information content (AvgIpc) is 3.02. The van der Waals surface area contributed by atoms with Crippen LogP contribution in [0, 0.1) is 11.3 Å². The van der Waals surface area contributed by atoms with Crippen LogP contribution in [0.2, 0.25) is 0 Å². The number of alkyl halides is 2. The van der Waals surface area contributed by atoms with Crippen molar-refractivity contribution in [1.29, 1.82) is 0 Å². The van der Waals surface area contributed by atoms with Gasteiger partial charge in [0.25, 0.3) is 0 Å². The Hall–Kier alpha value is -1.44. The van der Waals surface area contributed by atoms with Gasteiger partial charge < -0.3 is 19.3 Å². The highest BCUT2D eigenvalue weighted by molar-refractivity contribution is 5.45. The van der Waals surface area contributed by atoms with Crippen molar-refractivity contribution < 1.29 is 28.1 Å². The number of ether oxygens (including phenoxy) is 3. The van der Waals surface area contributed by atoms with E-state index in [0.717, 1.165) is 31.7 Å². The minimum Gasteiger partial charge on any atom is -0.396 e. The third-order valence-corrected chi connectivity index (χ3v) is 5.07. The van der Waals surface area contributed by atoms with Crippen LogP contribution in [0.5, 0.6) is 11.5 Å². The van der Waals surface area contributed by atoms with Crippen LogP contribution >= 0.6 is 0 Å². The molecule has 2 fully saturated rings. The van der Waals surface area contributed by atoms with Crippen molar-refractivity contribution in [2.75, 3.05) is 32.9 Å². The van der Waals surface area contributed by atoms with E-state index < -0.39 is 6.29 Å². The average molecular weight is 327 g/mol. The molecule has 2 atom stereocenters. The van der Waals surface area contributed by atoms with E-state index in [1.807, 2.05) is 0 Å². The van der Waals surface area contributed by atoms with E-state index in [9.17, 15) is 13.9 Å². The number of likely N-dealkylation sites (tertiary alicyclic amines) is 1. The van der Waals surface area contributed by atoms with E-state index >= 15 is 0 Å². The number of halogens is 2. The first kappa shape index (κ1) is 15.1. The second kappa shape index (κ2) is 5.29. The molecule has 1 aromatic rings. The largest absolute Gasteiger partial charge is 0.586 e. The summed E-state index contributed by atoms with van der Waals surface area (Å²) in [6, 6.07) is 4.88. The van der Waals surface area contributed by atoms with Crippen LogP contribution in [0.4, 0.5) is 8.78 Å². The molecule has 0 aromatic heterocycles. The summed E-state index contributed by atoms with van der Waals surface area (Å²) in [6.07, 6.45) is -2.63. The summed E-state index contributed by atoms with van der Waals surface area (Å²) in [5.74, 6) is 0.554. The second-order valence-corrected chi connectivity index (χ2v) is 6.68. The van der Waals surface area contributed by atoms with Gasteiger partial charge in [0, 0.05) is 31.7 Å². The molecule has 0 radical (unpaired) electrons. The summed E-state index contributed by atoms with van der Waals surface area (Å²) in [6.45, 7) is 3.69. The quantitative estimate of drug-likeness (QED) is 0.918. The van der Waals surface area contributed by atoms with Crippen LogP contribution in [0.25, 0.3) is 0 Å². The van der Waals surface area contributed by atoms with E-state index in [2.05, 4.69) is 14.4 Å². The normalized spacial score (nSPS) is 32.0. The van der Waals surface area contributed by atoms with E-state index in [1.54, 1.807) is 12.1 Å². The Morgan fingerprint density at radius 3 is 2.87 bits per heavy atom. The second-order valence-electron chi connectivity index (χ2n) is 6.68. The monoisotopic (exact) mass is 327 g/mol. The van der Waals surface area contributed by atoms with Gasteiger partial charge in [-0.05, 0) is 30.0 Å². The predicted octanol–water partition coefficient (Wildman–Crippen LogP) is 1.84. The molecule has 3 aliphatic rings. The SMILES string of the molecule is OC[C@]12COCC[C@H]1CN(Cc1ccc3c(c1)OC(F)(F)O3)C2. The van der Waals surface area contributed by atoms with Crippen LogP contribution in [0.3, 0.4) is 0 Å². The number of hydrogen-bond donors (Lipinski definition) is 1. The minimum atomic E-state index is -3.58. The van der Waals surface area contributed by atoms with E-state index in [1.165, 1.54) is 6.07 Å². The van der Waals surface area contributed by atoms with Crippen LogP contribution in [-0.4, -0.2) is 49.2 Å². The summed E-state index contributed by atoms with van der Waals surface area (Å²) in [7, 11) is 0. The maximum atomic E-state index is 13.1. The predicted molar refractivity (Wildman–Crippen MR) is 76.4 cm³/mol. The number of aliphatic hydroxyl groups is 1. The third-order valence-electron chi connectivity index (χ3n) is 5.07. The Labute approximate surface area is 132 Å². The maximum absolute atomic E-state index is 13.1. The Morgan fingerprint density at radius 1 is 1.26 bits per heavy atom. The molecule has 0 aliphatic carbocycles.